The van der Waals surface area contributed by atoms with E-state index in [0.717, 1.165) is 23.4 Å². The van der Waals surface area contributed by atoms with E-state index in [1.807, 2.05) is 52.9 Å². The minimum Gasteiger partial charge on any atom is -0.493 e. The van der Waals surface area contributed by atoms with Crippen LogP contribution >= 0.6 is 22.6 Å². The number of aliphatic imine (C=N–C) groups is 1. The third-order valence-electron chi connectivity index (χ3n) is 3.93. The molecule has 10 heteroatoms. The molecule has 0 radical (unpaired) electrons. The summed E-state index contributed by atoms with van der Waals surface area (Å²) in [4.78, 5) is 25.2. The van der Waals surface area contributed by atoms with Crippen molar-refractivity contribution in [1.82, 2.24) is 0 Å². The topological polar surface area (TPSA) is 117 Å². The molecule has 30 heavy (non-hydrogen) atoms. The predicted octanol–water partition coefficient (Wildman–Crippen LogP) is 5.66. The van der Waals surface area contributed by atoms with Gasteiger partial charge in [0, 0.05) is 12.3 Å². The molecule has 0 amide bonds. The van der Waals surface area contributed by atoms with Gasteiger partial charge in [0.25, 0.3) is 5.69 Å². The zero-order chi connectivity index (χ0) is 21.7. The van der Waals surface area contributed by atoms with E-state index in [4.69, 9.17) is 9.47 Å². The molecule has 0 bridgehead atoms. The number of nitro benzene ring substituents is 2. The van der Waals surface area contributed by atoms with Crippen LogP contribution in [0.15, 0.2) is 65.7 Å². The Morgan fingerprint density at radius 3 is 2.33 bits per heavy atom. The number of nitrogens with zero attached hydrogens (tertiary/aromatic N) is 3. The van der Waals surface area contributed by atoms with E-state index >= 15 is 0 Å². The van der Waals surface area contributed by atoms with Crippen molar-refractivity contribution in [3.05, 3.63) is 90.0 Å². The van der Waals surface area contributed by atoms with Gasteiger partial charge in [0.15, 0.2) is 11.5 Å². The van der Waals surface area contributed by atoms with E-state index in [-0.39, 0.29) is 11.5 Å². The second-order valence-corrected chi connectivity index (χ2v) is 7.06. The molecule has 3 aromatic rings. The summed E-state index contributed by atoms with van der Waals surface area (Å²) in [5, 5.41) is 22.3. The van der Waals surface area contributed by atoms with Gasteiger partial charge in [0.05, 0.1) is 32.3 Å². The number of para-hydroxylation sites is 1. The van der Waals surface area contributed by atoms with Crippen LogP contribution in [0, 0.1) is 23.8 Å². The number of methoxy groups -OCH3 is 1. The van der Waals surface area contributed by atoms with E-state index in [0.29, 0.717) is 9.32 Å². The molecule has 152 valence electrons. The number of rotatable bonds is 7. The summed E-state index contributed by atoms with van der Waals surface area (Å²) < 4.78 is 11.7. The third kappa shape index (κ3) is 4.89. The number of halogens is 1. The summed E-state index contributed by atoms with van der Waals surface area (Å²) in [7, 11) is 1.45. The smallest absolute Gasteiger partial charge is 0.318 e. The van der Waals surface area contributed by atoms with Gasteiger partial charge in [0.2, 0.25) is 5.75 Å². The summed E-state index contributed by atoms with van der Waals surface area (Å²) in [5.41, 5.74) is 0.610. The van der Waals surface area contributed by atoms with Crippen LogP contribution in [-0.2, 0) is 0 Å². The maximum atomic E-state index is 11.4. The van der Waals surface area contributed by atoms with Crippen LogP contribution in [0.5, 0.6) is 17.2 Å². The lowest BCUT2D eigenvalue weighted by molar-refractivity contribution is -0.394. The minimum atomic E-state index is -0.734. The Morgan fingerprint density at radius 2 is 1.70 bits per heavy atom. The lowest BCUT2D eigenvalue weighted by atomic mass is 10.2. The summed E-state index contributed by atoms with van der Waals surface area (Å²) >= 11 is 2.02. The van der Waals surface area contributed by atoms with Gasteiger partial charge in [-0.3, -0.25) is 25.2 Å². The fourth-order valence-corrected chi connectivity index (χ4v) is 3.27. The molecule has 0 saturated carbocycles. The molecule has 0 aliphatic heterocycles. The van der Waals surface area contributed by atoms with Crippen molar-refractivity contribution in [2.75, 3.05) is 7.11 Å². The average molecular weight is 519 g/mol. The molecule has 9 nitrogen and oxygen atoms in total. The molecule has 0 heterocycles. The summed E-state index contributed by atoms with van der Waals surface area (Å²) in [6.45, 7) is 0. The van der Waals surface area contributed by atoms with Gasteiger partial charge in [-0.25, -0.2) is 0 Å². The van der Waals surface area contributed by atoms with Crippen LogP contribution in [0.2, 0.25) is 0 Å². The SMILES string of the molecule is COc1cc(C=Nc2ccccc2)cc(I)c1Oc1ccc([N+](=O)[O-])cc1[N+](=O)[O-]. The highest BCUT2D eigenvalue weighted by Crippen LogP contribution is 2.41. The van der Waals surface area contributed by atoms with Crippen molar-refractivity contribution >= 4 is 45.9 Å². The first-order chi connectivity index (χ1) is 14.4. The molecule has 0 unspecified atom stereocenters. The molecule has 0 N–H and O–H groups in total. The van der Waals surface area contributed by atoms with Crippen LogP contribution in [-0.4, -0.2) is 23.2 Å². The van der Waals surface area contributed by atoms with Crippen molar-refractivity contribution in [3.63, 3.8) is 0 Å². The number of hydrogen-bond donors (Lipinski definition) is 0. The van der Waals surface area contributed by atoms with Crippen molar-refractivity contribution in [1.29, 1.82) is 0 Å². The van der Waals surface area contributed by atoms with E-state index in [1.165, 1.54) is 13.2 Å². The normalized spacial score (nSPS) is 10.7. The first kappa shape index (κ1) is 21.2. The van der Waals surface area contributed by atoms with E-state index < -0.39 is 21.2 Å². The zero-order valence-electron chi connectivity index (χ0n) is 15.5. The lowest BCUT2D eigenvalue weighted by Gasteiger charge is -2.13. The molecule has 0 aromatic heterocycles. The molecule has 0 atom stereocenters. The van der Waals surface area contributed by atoms with E-state index in [2.05, 4.69) is 4.99 Å². The third-order valence-corrected chi connectivity index (χ3v) is 4.73. The minimum absolute atomic E-state index is 0.132. The maximum absolute atomic E-state index is 11.4. The molecular formula is C20H14IN3O6. The molecule has 0 aliphatic rings. The number of hydrogen-bond acceptors (Lipinski definition) is 7. The van der Waals surface area contributed by atoms with Crippen molar-refractivity contribution in [2.24, 2.45) is 4.99 Å². The van der Waals surface area contributed by atoms with Gasteiger partial charge in [-0.05, 0) is 58.5 Å². The number of non-ortho nitro benzene ring substituents is 1. The summed E-state index contributed by atoms with van der Waals surface area (Å²) in [6.07, 6.45) is 1.66. The average Bonchev–Trinajstić information content (AvgIpc) is 2.74. The Balaban J connectivity index is 1.96. The Labute approximate surface area is 184 Å². The molecular weight excluding hydrogens is 505 g/mol. The Hall–Kier alpha value is -3.54. The van der Waals surface area contributed by atoms with Crippen LogP contribution in [0.4, 0.5) is 17.1 Å². The van der Waals surface area contributed by atoms with Crippen LogP contribution < -0.4 is 9.47 Å². The molecule has 0 aliphatic carbocycles. The number of ether oxygens (including phenoxy) is 2. The summed E-state index contributed by atoms with van der Waals surface area (Å²) in [5.74, 6) is 0.462. The van der Waals surface area contributed by atoms with Gasteiger partial charge in [-0.2, -0.15) is 0 Å². The van der Waals surface area contributed by atoms with Crippen LogP contribution in [0.1, 0.15) is 5.56 Å². The van der Waals surface area contributed by atoms with E-state index in [9.17, 15) is 20.2 Å². The maximum Gasteiger partial charge on any atom is 0.318 e. The number of benzene rings is 3. The second kappa shape index (κ2) is 9.31. The van der Waals surface area contributed by atoms with Gasteiger partial charge in [-0.1, -0.05) is 18.2 Å². The monoisotopic (exact) mass is 519 g/mol. The number of nitro groups is 2. The molecule has 0 saturated heterocycles. The van der Waals surface area contributed by atoms with Crippen LogP contribution in [0.3, 0.4) is 0 Å². The van der Waals surface area contributed by atoms with Crippen LogP contribution in [0.25, 0.3) is 0 Å². The van der Waals surface area contributed by atoms with Crippen molar-refractivity contribution in [2.45, 2.75) is 0 Å². The molecule has 0 fully saturated rings. The van der Waals surface area contributed by atoms with Gasteiger partial charge >= 0.3 is 5.69 Å². The summed E-state index contributed by atoms with van der Waals surface area (Å²) in [6, 6.07) is 16.0. The lowest BCUT2D eigenvalue weighted by Crippen LogP contribution is -1.99. The standard InChI is InChI=1S/C20H14IN3O6/c1-29-19-10-13(12-22-14-5-3-2-4-6-14)9-16(21)20(19)30-18-8-7-15(23(25)26)11-17(18)24(27)28/h2-12H,1H3. The predicted molar refractivity (Wildman–Crippen MR) is 119 cm³/mol. The highest BCUT2D eigenvalue weighted by Gasteiger charge is 2.23. The fraction of sp³-hybridized carbons (Fsp3) is 0.0500. The van der Waals surface area contributed by atoms with Crippen molar-refractivity contribution in [3.8, 4) is 17.2 Å². The van der Waals surface area contributed by atoms with E-state index in [1.54, 1.807) is 18.3 Å². The fourth-order valence-electron chi connectivity index (χ4n) is 2.53. The van der Waals surface area contributed by atoms with Gasteiger partial charge in [0.1, 0.15) is 0 Å². The molecule has 3 aromatic carbocycles. The Bertz CT molecular complexity index is 1130. The first-order valence-electron chi connectivity index (χ1n) is 8.46. The quantitative estimate of drug-likeness (QED) is 0.172. The first-order valence-corrected chi connectivity index (χ1v) is 9.54. The highest BCUT2D eigenvalue weighted by atomic mass is 127. The van der Waals surface area contributed by atoms with Crippen molar-refractivity contribution < 1.29 is 19.3 Å². The van der Waals surface area contributed by atoms with Gasteiger partial charge in [-0.15, -0.1) is 0 Å². The Kier molecular flexibility index (Phi) is 6.57. The second-order valence-electron chi connectivity index (χ2n) is 5.90. The molecule has 3 rings (SSSR count). The Morgan fingerprint density at radius 1 is 0.967 bits per heavy atom. The highest BCUT2D eigenvalue weighted by molar-refractivity contribution is 14.1. The molecule has 0 spiro atoms. The largest absolute Gasteiger partial charge is 0.493 e. The zero-order valence-corrected chi connectivity index (χ0v) is 17.7. The van der Waals surface area contributed by atoms with Gasteiger partial charge < -0.3 is 9.47 Å².